The van der Waals surface area contributed by atoms with Gasteiger partial charge in [-0.25, -0.2) is 0 Å². The van der Waals surface area contributed by atoms with Crippen LogP contribution in [0.4, 0.5) is 5.69 Å². The van der Waals surface area contributed by atoms with E-state index in [2.05, 4.69) is 0 Å². The van der Waals surface area contributed by atoms with Crippen molar-refractivity contribution in [1.82, 2.24) is 4.90 Å². The van der Waals surface area contributed by atoms with E-state index in [1.165, 1.54) is 11.0 Å². The molecule has 1 heterocycles. The number of rotatable bonds is 4. The van der Waals surface area contributed by atoms with Gasteiger partial charge in [-0.2, -0.15) is 0 Å². The fraction of sp³-hybridized carbons (Fsp3) is 0.263. The van der Waals surface area contributed by atoms with Gasteiger partial charge in [0.05, 0.1) is 12.8 Å². The summed E-state index contributed by atoms with van der Waals surface area (Å²) in [5.41, 5.74) is 1.07. The van der Waals surface area contributed by atoms with Gasteiger partial charge in [0, 0.05) is 18.1 Å². The highest BCUT2D eigenvalue weighted by molar-refractivity contribution is 6.30. The standard InChI is InChI=1S/C19H19ClN2O4/c1-26-16-8-3-2-7-15(16)22-10-9-21(12-17(22)23)19(25)18(24)13-5-4-6-14(20)11-13/h2-8,11,18,24H,9-10,12H2,1H3. The highest BCUT2D eigenvalue weighted by atomic mass is 35.5. The third-order valence-electron chi connectivity index (χ3n) is 4.31. The summed E-state index contributed by atoms with van der Waals surface area (Å²) in [4.78, 5) is 28.1. The molecular weight excluding hydrogens is 356 g/mol. The number of carbonyl (C=O) groups excluding carboxylic acids is 2. The molecule has 136 valence electrons. The van der Waals surface area contributed by atoms with Crippen molar-refractivity contribution < 1.29 is 19.4 Å². The van der Waals surface area contributed by atoms with Crippen molar-refractivity contribution in [2.45, 2.75) is 6.10 Å². The molecule has 26 heavy (non-hydrogen) atoms. The molecule has 7 heteroatoms. The van der Waals surface area contributed by atoms with E-state index in [1.807, 2.05) is 12.1 Å². The quantitative estimate of drug-likeness (QED) is 0.891. The number of amides is 2. The molecule has 1 saturated heterocycles. The third-order valence-corrected chi connectivity index (χ3v) is 4.54. The summed E-state index contributed by atoms with van der Waals surface area (Å²) in [7, 11) is 1.55. The number of hydrogen-bond donors (Lipinski definition) is 1. The highest BCUT2D eigenvalue weighted by Crippen LogP contribution is 2.29. The van der Waals surface area contributed by atoms with Gasteiger partial charge >= 0.3 is 0 Å². The number of aliphatic hydroxyl groups is 1. The molecule has 0 aromatic heterocycles. The van der Waals surface area contributed by atoms with Gasteiger partial charge in [0.2, 0.25) is 5.91 Å². The number of aliphatic hydroxyl groups excluding tert-OH is 1. The molecule has 0 bridgehead atoms. The van der Waals surface area contributed by atoms with Crippen LogP contribution in [0, 0.1) is 0 Å². The van der Waals surface area contributed by atoms with Crippen molar-refractivity contribution in [3.8, 4) is 5.75 Å². The summed E-state index contributed by atoms with van der Waals surface area (Å²) in [5, 5.41) is 10.8. The molecule has 2 amide bonds. The predicted octanol–water partition coefficient (Wildman–Crippen LogP) is 2.26. The monoisotopic (exact) mass is 374 g/mol. The third kappa shape index (κ3) is 3.66. The summed E-state index contributed by atoms with van der Waals surface area (Å²) < 4.78 is 5.30. The lowest BCUT2D eigenvalue weighted by Crippen LogP contribution is -2.53. The van der Waals surface area contributed by atoms with Gasteiger partial charge in [-0.05, 0) is 29.8 Å². The molecule has 1 unspecified atom stereocenters. The average Bonchev–Trinajstić information content (AvgIpc) is 2.66. The molecule has 0 radical (unpaired) electrons. The first-order valence-electron chi connectivity index (χ1n) is 8.17. The summed E-state index contributed by atoms with van der Waals surface area (Å²) in [5.74, 6) is -0.146. The first-order chi connectivity index (χ1) is 12.5. The Morgan fingerprint density at radius 3 is 2.65 bits per heavy atom. The van der Waals surface area contributed by atoms with E-state index >= 15 is 0 Å². The number of benzene rings is 2. The first kappa shape index (κ1) is 18.2. The smallest absolute Gasteiger partial charge is 0.256 e. The number of piperazine rings is 1. The minimum absolute atomic E-state index is 0.103. The zero-order valence-corrected chi connectivity index (χ0v) is 15.0. The second-order valence-electron chi connectivity index (χ2n) is 5.93. The lowest BCUT2D eigenvalue weighted by atomic mass is 10.1. The minimum Gasteiger partial charge on any atom is -0.495 e. The van der Waals surface area contributed by atoms with Crippen molar-refractivity contribution in [1.29, 1.82) is 0 Å². The molecule has 1 N–H and O–H groups in total. The van der Waals surface area contributed by atoms with Crippen molar-refractivity contribution in [3.05, 3.63) is 59.1 Å². The topological polar surface area (TPSA) is 70.1 Å². The summed E-state index contributed by atoms with van der Waals surface area (Å²) in [6.45, 7) is 0.544. The Hall–Kier alpha value is -2.57. The largest absolute Gasteiger partial charge is 0.495 e. The molecule has 1 aliphatic rings. The van der Waals surface area contributed by atoms with E-state index in [9.17, 15) is 14.7 Å². The Morgan fingerprint density at radius 1 is 1.19 bits per heavy atom. The van der Waals surface area contributed by atoms with Crippen molar-refractivity contribution in [2.75, 3.05) is 31.6 Å². The van der Waals surface area contributed by atoms with Gasteiger partial charge in [-0.3, -0.25) is 9.59 Å². The average molecular weight is 375 g/mol. The van der Waals surface area contributed by atoms with Crippen LogP contribution in [0.3, 0.4) is 0 Å². The van der Waals surface area contributed by atoms with Crippen LogP contribution >= 0.6 is 11.6 Å². The first-order valence-corrected chi connectivity index (χ1v) is 8.54. The van der Waals surface area contributed by atoms with Crippen LogP contribution in [0.15, 0.2) is 48.5 Å². The van der Waals surface area contributed by atoms with Gasteiger partial charge < -0.3 is 19.6 Å². The molecule has 1 aliphatic heterocycles. The van der Waals surface area contributed by atoms with Gasteiger partial charge in [0.25, 0.3) is 5.91 Å². The molecule has 6 nitrogen and oxygen atoms in total. The van der Waals surface area contributed by atoms with Gasteiger partial charge in [-0.1, -0.05) is 35.9 Å². The van der Waals surface area contributed by atoms with Crippen molar-refractivity contribution in [3.63, 3.8) is 0 Å². The second-order valence-corrected chi connectivity index (χ2v) is 6.37. The zero-order chi connectivity index (χ0) is 18.7. The Bertz CT molecular complexity index is 827. The van der Waals surface area contributed by atoms with Crippen molar-refractivity contribution >= 4 is 29.1 Å². The van der Waals surface area contributed by atoms with E-state index in [0.29, 0.717) is 35.1 Å². The molecule has 1 atom stereocenters. The van der Waals surface area contributed by atoms with Crippen LogP contribution in [-0.4, -0.2) is 48.6 Å². The number of carbonyl (C=O) groups is 2. The Kier molecular flexibility index (Phi) is 5.44. The molecule has 2 aromatic carbocycles. The number of ether oxygens (including phenoxy) is 1. The van der Waals surface area contributed by atoms with Crippen molar-refractivity contribution in [2.24, 2.45) is 0 Å². The molecule has 1 fully saturated rings. The van der Waals surface area contributed by atoms with Crippen LogP contribution in [-0.2, 0) is 9.59 Å². The van der Waals surface area contributed by atoms with Gasteiger partial charge in [0.15, 0.2) is 6.10 Å². The second kappa shape index (κ2) is 7.76. The fourth-order valence-electron chi connectivity index (χ4n) is 2.96. The number of hydrogen-bond acceptors (Lipinski definition) is 4. The molecule has 2 aromatic rings. The number of halogens is 1. The maximum Gasteiger partial charge on any atom is 0.256 e. The molecule has 0 spiro atoms. The van der Waals surface area contributed by atoms with Gasteiger partial charge in [0.1, 0.15) is 12.3 Å². The maximum atomic E-state index is 12.6. The van der Waals surface area contributed by atoms with E-state index in [-0.39, 0.29) is 12.5 Å². The Labute approximate surface area is 156 Å². The number of anilines is 1. The Morgan fingerprint density at radius 2 is 1.96 bits per heavy atom. The van der Waals surface area contributed by atoms with E-state index in [0.717, 1.165) is 0 Å². The lowest BCUT2D eigenvalue weighted by molar-refractivity contribution is -0.144. The van der Waals surface area contributed by atoms with E-state index in [1.54, 1.807) is 42.3 Å². The van der Waals surface area contributed by atoms with Crippen LogP contribution < -0.4 is 9.64 Å². The summed E-state index contributed by atoms with van der Waals surface area (Å²) in [6.07, 6.45) is -1.35. The maximum absolute atomic E-state index is 12.6. The highest BCUT2D eigenvalue weighted by Gasteiger charge is 2.32. The molecule has 3 rings (SSSR count). The van der Waals surface area contributed by atoms with Crippen LogP contribution in [0.2, 0.25) is 5.02 Å². The normalized spacial score (nSPS) is 15.7. The number of para-hydroxylation sites is 2. The van der Waals surface area contributed by atoms with E-state index in [4.69, 9.17) is 16.3 Å². The van der Waals surface area contributed by atoms with Crippen LogP contribution in [0.5, 0.6) is 5.75 Å². The minimum atomic E-state index is -1.35. The lowest BCUT2D eigenvalue weighted by Gasteiger charge is -2.35. The van der Waals surface area contributed by atoms with Gasteiger partial charge in [-0.15, -0.1) is 0 Å². The molecule has 0 saturated carbocycles. The van der Waals surface area contributed by atoms with Crippen LogP contribution in [0.1, 0.15) is 11.7 Å². The van der Waals surface area contributed by atoms with E-state index < -0.39 is 12.0 Å². The number of nitrogens with zero attached hydrogens (tertiary/aromatic N) is 2. The SMILES string of the molecule is COc1ccccc1N1CCN(C(=O)C(O)c2cccc(Cl)c2)CC1=O. The van der Waals surface area contributed by atoms with Crippen LogP contribution in [0.25, 0.3) is 0 Å². The fourth-order valence-corrected chi connectivity index (χ4v) is 3.16. The Balaban J connectivity index is 1.72. The molecular formula is C19H19ClN2O4. The zero-order valence-electron chi connectivity index (χ0n) is 14.3. The molecule has 0 aliphatic carbocycles. The summed E-state index contributed by atoms with van der Waals surface area (Å²) in [6, 6.07) is 13.7. The number of methoxy groups -OCH3 is 1. The predicted molar refractivity (Wildman–Crippen MR) is 98.3 cm³/mol. The summed E-state index contributed by atoms with van der Waals surface area (Å²) >= 11 is 5.91.